The molecular formula is C60H39NO. The van der Waals surface area contributed by atoms with E-state index in [0.29, 0.717) is 0 Å². The molecule has 2 nitrogen and oxygen atoms in total. The minimum atomic E-state index is 0.858. The maximum Gasteiger partial charge on any atom is 0.145 e. The Hall–Kier alpha value is -8.20. The van der Waals surface area contributed by atoms with Crippen molar-refractivity contribution in [3.05, 3.63) is 237 Å². The van der Waals surface area contributed by atoms with Crippen LogP contribution in [0, 0.1) is 0 Å². The van der Waals surface area contributed by atoms with E-state index in [1.165, 1.54) is 43.4 Å². The van der Waals surface area contributed by atoms with Gasteiger partial charge in [-0.15, -0.1) is 0 Å². The normalized spacial score (nSPS) is 11.5. The quantitative estimate of drug-likeness (QED) is 0.150. The van der Waals surface area contributed by atoms with Crippen LogP contribution >= 0.6 is 0 Å². The van der Waals surface area contributed by atoms with Gasteiger partial charge >= 0.3 is 0 Å². The zero-order chi connectivity index (χ0) is 41.0. The van der Waals surface area contributed by atoms with Crippen molar-refractivity contribution in [1.82, 2.24) is 0 Å². The number of nitrogens with zero attached hydrogens (tertiary/aromatic N) is 1. The monoisotopic (exact) mass is 789 g/mol. The molecule has 0 unspecified atom stereocenters. The van der Waals surface area contributed by atoms with Gasteiger partial charge in [0.05, 0.1) is 16.8 Å². The molecule has 2 heteroatoms. The van der Waals surface area contributed by atoms with Gasteiger partial charge in [-0.3, -0.25) is 0 Å². The highest BCUT2D eigenvalue weighted by molar-refractivity contribution is 6.21. The van der Waals surface area contributed by atoms with Gasteiger partial charge in [0, 0.05) is 22.2 Å². The third kappa shape index (κ3) is 6.04. The lowest BCUT2D eigenvalue weighted by Crippen LogP contribution is -2.12. The number of furan rings is 1. The highest BCUT2D eigenvalue weighted by Crippen LogP contribution is 2.50. The summed E-state index contributed by atoms with van der Waals surface area (Å²) in [7, 11) is 0. The number of benzene rings is 11. The van der Waals surface area contributed by atoms with Gasteiger partial charge in [0.2, 0.25) is 0 Å². The van der Waals surface area contributed by atoms with Crippen molar-refractivity contribution in [2.24, 2.45) is 0 Å². The lowest BCUT2D eigenvalue weighted by Gasteiger charge is -2.29. The first-order valence-electron chi connectivity index (χ1n) is 21.2. The Morgan fingerprint density at radius 1 is 0.290 bits per heavy atom. The topological polar surface area (TPSA) is 16.4 Å². The lowest BCUT2D eigenvalue weighted by atomic mass is 9.91. The standard InChI is InChI=1S/C60H39NO/c1-2-15-40(16-3-1)42-29-31-43(32-30-42)45-20-14-21-48(38-45)61(56-27-12-10-23-50(56)47-34-33-41-17-4-5-18-44(41)37-47)57-36-35-53(60-59(57)54-26-11-13-28-58(54)62-60)55-39-46-19-6-7-22-49(46)51-24-8-9-25-52(51)55/h1-39H. The third-order valence-corrected chi connectivity index (χ3v) is 12.4. The van der Waals surface area contributed by atoms with Crippen LogP contribution in [0.4, 0.5) is 17.1 Å². The average Bonchev–Trinajstić information content (AvgIpc) is 3.75. The van der Waals surface area contributed by atoms with Gasteiger partial charge in [-0.2, -0.15) is 0 Å². The largest absolute Gasteiger partial charge is 0.455 e. The number of hydrogen-bond donors (Lipinski definition) is 0. The molecule has 1 aromatic heterocycles. The van der Waals surface area contributed by atoms with Crippen molar-refractivity contribution in [3.8, 4) is 44.5 Å². The van der Waals surface area contributed by atoms with E-state index in [2.05, 4.69) is 241 Å². The molecule has 1 heterocycles. The van der Waals surface area contributed by atoms with E-state index < -0.39 is 0 Å². The maximum atomic E-state index is 7.04. The highest BCUT2D eigenvalue weighted by Gasteiger charge is 2.25. The van der Waals surface area contributed by atoms with Gasteiger partial charge in [-0.25, -0.2) is 0 Å². The zero-order valence-corrected chi connectivity index (χ0v) is 33.9. The fraction of sp³-hybridized carbons (Fsp3) is 0. The summed E-state index contributed by atoms with van der Waals surface area (Å²) in [5, 5.41) is 9.46. The molecule has 0 bridgehead atoms. The van der Waals surface area contributed by atoms with Crippen molar-refractivity contribution >= 4 is 71.3 Å². The summed E-state index contributed by atoms with van der Waals surface area (Å²) in [6, 6.07) is 85.4. The predicted octanol–water partition coefficient (Wildman–Crippen LogP) is 17.2. The van der Waals surface area contributed by atoms with Crippen LogP contribution in [0.1, 0.15) is 0 Å². The van der Waals surface area contributed by atoms with Crippen LogP contribution < -0.4 is 4.90 Å². The molecule has 0 saturated heterocycles. The van der Waals surface area contributed by atoms with Crippen molar-refractivity contribution in [3.63, 3.8) is 0 Å². The van der Waals surface area contributed by atoms with Gasteiger partial charge in [0.15, 0.2) is 0 Å². The second-order valence-corrected chi connectivity index (χ2v) is 16.0. The first-order valence-corrected chi connectivity index (χ1v) is 21.2. The van der Waals surface area contributed by atoms with Crippen molar-refractivity contribution in [2.75, 3.05) is 4.90 Å². The summed E-state index contributed by atoms with van der Waals surface area (Å²) in [4.78, 5) is 2.44. The first kappa shape index (κ1) is 35.7. The molecule has 0 radical (unpaired) electrons. The molecular weight excluding hydrogens is 751 g/mol. The number of hydrogen-bond acceptors (Lipinski definition) is 2. The van der Waals surface area contributed by atoms with Crippen molar-refractivity contribution in [1.29, 1.82) is 0 Å². The summed E-state index contributed by atoms with van der Waals surface area (Å²) < 4.78 is 7.04. The molecule has 0 spiro atoms. The fourth-order valence-electron chi connectivity index (χ4n) is 9.47. The Labute approximate surface area is 360 Å². The van der Waals surface area contributed by atoms with Crippen LogP contribution in [0.15, 0.2) is 241 Å². The summed E-state index contributed by atoms with van der Waals surface area (Å²) in [5.41, 5.74) is 14.1. The van der Waals surface area contributed by atoms with Crippen LogP contribution in [-0.2, 0) is 0 Å². The summed E-state index contributed by atoms with van der Waals surface area (Å²) in [5.74, 6) is 0. The van der Waals surface area contributed by atoms with E-state index in [4.69, 9.17) is 4.42 Å². The number of anilines is 3. The van der Waals surface area contributed by atoms with Crippen molar-refractivity contribution < 1.29 is 4.42 Å². The Balaban J connectivity index is 1.11. The Kier molecular flexibility index (Phi) is 8.53. The van der Waals surface area contributed by atoms with Crippen LogP contribution in [0.5, 0.6) is 0 Å². The molecule has 0 amide bonds. The Morgan fingerprint density at radius 2 is 0.903 bits per heavy atom. The van der Waals surface area contributed by atoms with E-state index in [0.717, 1.165) is 72.4 Å². The fourth-order valence-corrected chi connectivity index (χ4v) is 9.47. The predicted molar refractivity (Wildman–Crippen MR) is 263 cm³/mol. The maximum absolute atomic E-state index is 7.04. The van der Waals surface area contributed by atoms with E-state index in [9.17, 15) is 0 Å². The highest BCUT2D eigenvalue weighted by atomic mass is 16.3. The van der Waals surface area contributed by atoms with Crippen LogP contribution in [-0.4, -0.2) is 0 Å². The molecule has 11 aromatic carbocycles. The van der Waals surface area contributed by atoms with E-state index >= 15 is 0 Å². The van der Waals surface area contributed by atoms with Crippen molar-refractivity contribution in [2.45, 2.75) is 0 Å². The Bertz CT molecular complexity index is 3640. The SMILES string of the molecule is c1ccc(-c2ccc(-c3cccc(N(c4ccccc4-c4ccc5ccccc5c4)c4ccc(-c5cc6ccccc6c6ccccc56)c5oc6ccccc6c45)c3)cc2)cc1. The van der Waals surface area contributed by atoms with Gasteiger partial charge in [-0.1, -0.05) is 188 Å². The second kappa shape index (κ2) is 14.8. The molecule has 0 aliphatic heterocycles. The smallest absolute Gasteiger partial charge is 0.145 e. The second-order valence-electron chi connectivity index (χ2n) is 16.0. The first-order chi connectivity index (χ1) is 30.7. The van der Waals surface area contributed by atoms with E-state index in [1.807, 2.05) is 0 Å². The van der Waals surface area contributed by atoms with Crippen LogP contribution in [0.25, 0.3) is 98.8 Å². The number of para-hydroxylation sites is 2. The molecule has 62 heavy (non-hydrogen) atoms. The minimum absolute atomic E-state index is 0.858. The summed E-state index contributed by atoms with van der Waals surface area (Å²) in [6.07, 6.45) is 0. The Morgan fingerprint density at radius 3 is 1.74 bits per heavy atom. The molecule has 12 aromatic rings. The lowest BCUT2D eigenvalue weighted by molar-refractivity contribution is 0.670. The van der Waals surface area contributed by atoms with E-state index in [-0.39, 0.29) is 0 Å². The van der Waals surface area contributed by atoms with Crippen LogP contribution in [0.3, 0.4) is 0 Å². The molecule has 0 N–H and O–H groups in total. The molecule has 290 valence electrons. The van der Waals surface area contributed by atoms with Gasteiger partial charge in [0.25, 0.3) is 0 Å². The summed E-state index contributed by atoms with van der Waals surface area (Å²) >= 11 is 0. The van der Waals surface area contributed by atoms with Gasteiger partial charge in [-0.05, 0) is 114 Å². The zero-order valence-electron chi connectivity index (χ0n) is 33.9. The number of rotatable bonds is 7. The van der Waals surface area contributed by atoms with E-state index in [1.54, 1.807) is 0 Å². The molecule has 0 atom stereocenters. The summed E-state index contributed by atoms with van der Waals surface area (Å²) in [6.45, 7) is 0. The molecule has 0 saturated carbocycles. The van der Waals surface area contributed by atoms with Gasteiger partial charge in [0.1, 0.15) is 11.2 Å². The molecule has 12 rings (SSSR count). The molecule has 0 aliphatic carbocycles. The number of fused-ring (bicyclic) bond motifs is 7. The average molecular weight is 790 g/mol. The minimum Gasteiger partial charge on any atom is -0.455 e. The molecule has 0 aliphatic rings. The van der Waals surface area contributed by atoms with Crippen LogP contribution in [0.2, 0.25) is 0 Å². The van der Waals surface area contributed by atoms with Gasteiger partial charge < -0.3 is 9.32 Å². The molecule has 0 fully saturated rings. The third-order valence-electron chi connectivity index (χ3n) is 12.4.